The molecule has 0 N–H and O–H groups in total. The van der Waals surface area contributed by atoms with Gasteiger partial charge in [0, 0.05) is 55.3 Å². The maximum atomic E-state index is 5.14. The van der Waals surface area contributed by atoms with E-state index in [4.69, 9.17) is 4.98 Å². The van der Waals surface area contributed by atoms with Gasteiger partial charge in [-0.3, -0.25) is 0 Å². The zero-order chi connectivity index (χ0) is 47.7. The molecule has 70 heavy (non-hydrogen) atoms. The summed E-state index contributed by atoms with van der Waals surface area (Å²) in [5.41, 5.74) is 16.8. The fourth-order valence-corrected chi connectivity index (χ4v) is 10.3. The Labute approximate surface area is 428 Å². The van der Waals surface area contributed by atoms with E-state index in [2.05, 4.69) is 277 Å². The molecule has 0 atom stereocenters. The number of para-hydroxylation sites is 1. The van der Waals surface area contributed by atoms with E-state index in [1.54, 1.807) is 0 Å². The van der Waals surface area contributed by atoms with Gasteiger partial charge < -0.3 is 14.4 Å². The van der Waals surface area contributed by atoms with Crippen molar-refractivity contribution in [1.82, 2.24) is 9.55 Å². The van der Waals surface area contributed by atoms with E-state index in [9.17, 15) is 0 Å². The zero-order valence-electron chi connectivity index (χ0n) is 41.2. The molecule has 3 heterocycles. The Balaban J connectivity index is 0.00000567. The number of nitrogens with zero attached hydrogens (tertiary/aromatic N) is 4. The molecule has 2 aromatic heterocycles. The standard InChI is InChI=1S/C65H57N4.Pt/c1-44-36-59-60(37-45(44)2)68(43-67(59)53-28-19-12-20-29-53)54-39-51(64(6,7)8)38-52(40-54)65(47-24-15-10-16-25-47,48-26-17-11-18-27-48)50-32-33-56-58(41-50)69(61-42-49(34-35-66-61)63(3,4)5)57-31-21-30-55(62(56)57)46-22-13-9-14-23-46;/h9-39,42-43H,1-8H3;/q-3;. The Bertz CT molecular complexity index is 3470. The maximum absolute atomic E-state index is 5.14. The SMILES string of the molecule is Cc1cc2c(cc1C)N(c1ccccc1)[CH-]N2c1[c-]c(C(c2[c-]c3c(cc2)c2c(-c4ccccc4)cccc2n3-c2cc(C(C)(C)C)ccn2)(c2ccccc2)c2ccccc2)cc(C(C)(C)C)c1.[Pt]. The Morgan fingerprint density at radius 2 is 1.09 bits per heavy atom. The normalized spacial score (nSPS) is 12.9. The van der Waals surface area contributed by atoms with Gasteiger partial charge in [-0.2, -0.15) is 35.9 Å². The van der Waals surface area contributed by atoms with Crippen LogP contribution in [0, 0.1) is 32.6 Å². The molecule has 0 aliphatic carbocycles. The van der Waals surface area contributed by atoms with Crippen molar-refractivity contribution in [1.29, 1.82) is 0 Å². The zero-order valence-corrected chi connectivity index (χ0v) is 43.4. The third-order valence-corrected chi connectivity index (χ3v) is 14.2. The first-order valence-electron chi connectivity index (χ1n) is 24.1. The first kappa shape index (κ1) is 46.7. The van der Waals surface area contributed by atoms with Gasteiger partial charge in [0.1, 0.15) is 5.82 Å². The van der Waals surface area contributed by atoms with E-state index in [1.165, 1.54) is 38.8 Å². The minimum Gasteiger partial charge on any atom is -0.493 e. The van der Waals surface area contributed by atoms with Crippen LogP contribution in [-0.2, 0) is 37.3 Å². The van der Waals surface area contributed by atoms with Crippen molar-refractivity contribution in [3.8, 4) is 16.9 Å². The number of aryl methyl sites for hydroxylation is 2. The molecule has 0 bridgehead atoms. The van der Waals surface area contributed by atoms with E-state index < -0.39 is 5.41 Å². The van der Waals surface area contributed by atoms with Crippen LogP contribution in [0.2, 0.25) is 0 Å². The summed E-state index contributed by atoms with van der Waals surface area (Å²) >= 11 is 0. The molecule has 1 aliphatic heterocycles. The predicted octanol–water partition coefficient (Wildman–Crippen LogP) is 16.4. The maximum Gasteiger partial charge on any atom is 0.135 e. The van der Waals surface area contributed by atoms with E-state index in [0.717, 1.165) is 67.2 Å². The number of hydrogen-bond acceptors (Lipinski definition) is 3. The predicted molar refractivity (Wildman–Crippen MR) is 288 cm³/mol. The third-order valence-electron chi connectivity index (χ3n) is 14.2. The van der Waals surface area contributed by atoms with Crippen LogP contribution in [0.3, 0.4) is 0 Å². The summed E-state index contributed by atoms with van der Waals surface area (Å²) in [4.78, 5) is 9.80. The van der Waals surface area contributed by atoms with Gasteiger partial charge in [0.05, 0.1) is 0 Å². The monoisotopic (exact) mass is 1090 g/mol. The Kier molecular flexibility index (Phi) is 12.1. The molecular formula is C65H57N4Pt-3. The summed E-state index contributed by atoms with van der Waals surface area (Å²) in [6.07, 6.45) is 1.96. The molecule has 0 spiro atoms. The summed E-state index contributed by atoms with van der Waals surface area (Å²) in [5, 5.41) is 2.30. The average Bonchev–Trinajstić information content (AvgIpc) is 3.90. The summed E-state index contributed by atoms with van der Waals surface area (Å²) in [6.45, 7) is 20.4. The number of pyridine rings is 1. The van der Waals surface area contributed by atoms with Crippen LogP contribution in [0.25, 0.3) is 38.8 Å². The molecule has 5 heteroatoms. The van der Waals surface area contributed by atoms with E-state index >= 15 is 0 Å². The molecule has 350 valence electrons. The first-order valence-corrected chi connectivity index (χ1v) is 24.1. The minimum atomic E-state index is -0.873. The van der Waals surface area contributed by atoms with Crippen LogP contribution in [0.1, 0.15) is 86.1 Å². The van der Waals surface area contributed by atoms with Crippen LogP contribution in [0.4, 0.5) is 22.7 Å². The molecule has 11 rings (SSSR count). The molecule has 0 unspecified atom stereocenters. The number of hydrogen-bond donors (Lipinski definition) is 0. The van der Waals surface area contributed by atoms with Crippen molar-refractivity contribution in [2.24, 2.45) is 0 Å². The Hall–Kier alpha value is -7.00. The van der Waals surface area contributed by atoms with Gasteiger partial charge in [-0.05, 0) is 111 Å². The van der Waals surface area contributed by atoms with Crippen molar-refractivity contribution in [3.05, 3.63) is 258 Å². The molecule has 0 saturated heterocycles. The van der Waals surface area contributed by atoms with Gasteiger partial charge >= 0.3 is 0 Å². The van der Waals surface area contributed by atoms with Crippen molar-refractivity contribution in [2.45, 2.75) is 71.6 Å². The number of benzene rings is 8. The minimum absolute atomic E-state index is 0. The van der Waals surface area contributed by atoms with Crippen LogP contribution < -0.4 is 9.80 Å². The van der Waals surface area contributed by atoms with E-state index in [-0.39, 0.29) is 31.9 Å². The summed E-state index contributed by atoms with van der Waals surface area (Å²) in [7, 11) is 0. The second-order valence-corrected chi connectivity index (χ2v) is 20.7. The summed E-state index contributed by atoms with van der Waals surface area (Å²) < 4.78 is 2.34. The van der Waals surface area contributed by atoms with Gasteiger partial charge in [0.2, 0.25) is 0 Å². The Morgan fingerprint density at radius 3 is 1.70 bits per heavy atom. The third kappa shape index (κ3) is 7.97. The fourth-order valence-electron chi connectivity index (χ4n) is 10.3. The molecule has 0 saturated carbocycles. The molecule has 4 nitrogen and oxygen atoms in total. The fraction of sp³-hybridized carbons (Fsp3) is 0.169. The van der Waals surface area contributed by atoms with Crippen LogP contribution in [0.5, 0.6) is 0 Å². The second kappa shape index (κ2) is 18.1. The second-order valence-electron chi connectivity index (χ2n) is 20.7. The number of anilines is 4. The van der Waals surface area contributed by atoms with Crippen molar-refractivity contribution >= 4 is 44.6 Å². The van der Waals surface area contributed by atoms with E-state index in [1.807, 2.05) is 6.20 Å². The molecule has 10 aromatic rings. The average molecular weight is 1090 g/mol. The summed E-state index contributed by atoms with van der Waals surface area (Å²) in [5.74, 6) is 0.867. The largest absolute Gasteiger partial charge is 0.493 e. The molecular weight excluding hydrogens is 1030 g/mol. The van der Waals surface area contributed by atoms with Gasteiger partial charge in [0.15, 0.2) is 0 Å². The van der Waals surface area contributed by atoms with Crippen molar-refractivity contribution in [2.75, 3.05) is 9.80 Å². The topological polar surface area (TPSA) is 24.3 Å². The molecule has 0 radical (unpaired) electrons. The molecule has 8 aromatic carbocycles. The molecule has 0 amide bonds. The van der Waals surface area contributed by atoms with Crippen LogP contribution >= 0.6 is 0 Å². The number of aromatic nitrogens is 2. The van der Waals surface area contributed by atoms with Crippen molar-refractivity contribution in [3.63, 3.8) is 0 Å². The quantitative estimate of drug-likeness (QED) is 0.112. The molecule has 0 fully saturated rings. The summed E-state index contributed by atoms with van der Waals surface area (Å²) in [6, 6.07) is 76.9. The van der Waals surface area contributed by atoms with E-state index in [0.29, 0.717) is 0 Å². The van der Waals surface area contributed by atoms with Gasteiger partial charge in [-0.1, -0.05) is 168 Å². The van der Waals surface area contributed by atoms with Gasteiger partial charge in [-0.25, -0.2) is 4.98 Å². The van der Waals surface area contributed by atoms with Crippen LogP contribution in [0.15, 0.2) is 194 Å². The van der Waals surface area contributed by atoms with Crippen LogP contribution in [-0.4, -0.2) is 9.55 Å². The van der Waals surface area contributed by atoms with Crippen molar-refractivity contribution < 1.29 is 21.1 Å². The van der Waals surface area contributed by atoms with Gasteiger partial charge in [-0.15, -0.1) is 34.9 Å². The Morgan fingerprint density at radius 1 is 0.500 bits per heavy atom. The van der Waals surface area contributed by atoms with Gasteiger partial charge in [0.25, 0.3) is 0 Å². The molecule has 1 aliphatic rings. The first-order chi connectivity index (χ1) is 33.3. The smallest absolute Gasteiger partial charge is 0.135 e. The number of rotatable bonds is 8. The number of fused-ring (bicyclic) bond motifs is 4.